The molecule has 0 radical (unpaired) electrons. The van der Waals surface area contributed by atoms with Gasteiger partial charge in [0.25, 0.3) is 0 Å². The minimum atomic E-state index is -0.673. The topological polar surface area (TPSA) is 71.4 Å². The van der Waals surface area contributed by atoms with Crippen molar-refractivity contribution in [1.29, 1.82) is 5.26 Å². The highest BCUT2D eigenvalue weighted by Crippen LogP contribution is 2.04. The Morgan fingerprint density at radius 1 is 1.36 bits per heavy atom. The van der Waals surface area contributed by atoms with Crippen LogP contribution in [-0.2, 0) is 14.3 Å². The highest BCUT2D eigenvalue weighted by molar-refractivity contribution is 5.93. The fraction of sp³-hybridized carbons (Fsp3) is 0.556. The molecule has 0 amide bonds. The maximum Gasteiger partial charge on any atom is 0.354 e. The Balaban J connectivity index is 4.80. The first kappa shape index (κ1) is 12.3. The van der Waals surface area contributed by atoms with Gasteiger partial charge in [0, 0.05) is 7.05 Å². The van der Waals surface area contributed by atoms with Gasteiger partial charge in [0.15, 0.2) is 5.57 Å². The van der Waals surface area contributed by atoms with Gasteiger partial charge < -0.3 is 14.8 Å². The van der Waals surface area contributed by atoms with E-state index in [0.29, 0.717) is 6.61 Å². The second-order valence-corrected chi connectivity index (χ2v) is 2.22. The number of esters is 1. The number of carbonyl (C=O) groups excluding carboxylic acids is 1. The zero-order valence-electron chi connectivity index (χ0n) is 8.59. The maximum atomic E-state index is 11.2. The zero-order valence-corrected chi connectivity index (χ0v) is 8.59. The van der Waals surface area contributed by atoms with Gasteiger partial charge in [-0.2, -0.15) is 5.26 Å². The molecule has 0 aromatic rings. The minimum Gasteiger partial charge on any atom is -0.478 e. The maximum absolute atomic E-state index is 11.2. The molecule has 1 N–H and O–H groups in total. The molecule has 0 atom stereocenters. The lowest BCUT2D eigenvalue weighted by Gasteiger charge is -2.09. The van der Waals surface area contributed by atoms with Gasteiger partial charge in [0.2, 0.25) is 5.88 Å². The van der Waals surface area contributed by atoms with E-state index in [-0.39, 0.29) is 18.1 Å². The fourth-order valence-electron chi connectivity index (χ4n) is 0.806. The summed E-state index contributed by atoms with van der Waals surface area (Å²) in [5.74, 6) is -0.527. The Morgan fingerprint density at radius 3 is 2.29 bits per heavy atom. The molecule has 14 heavy (non-hydrogen) atoms. The van der Waals surface area contributed by atoms with E-state index in [1.807, 2.05) is 0 Å². The molecule has 0 heterocycles. The molecule has 0 unspecified atom stereocenters. The van der Waals surface area contributed by atoms with Crippen molar-refractivity contribution in [3.05, 3.63) is 11.5 Å². The van der Waals surface area contributed by atoms with Crippen LogP contribution in [0.4, 0.5) is 0 Å². The van der Waals surface area contributed by atoms with Gasteiger partial charge >= 0.3 is 5.97 Å². The van der Waals surface area contributed by atoms with Crippen molar-refractivity contribution >= 4 is 5.97 Å². The van der Waals surface area contributed by atoms with Crippen molar-refractivity contribution < 1.29 is 14.3 Å². The lowest BCUT2D eigenvalue weighted by atomic mass is 10.3. The molecular formula is C9H14N2O3. The van der Waals surface area contributed by atoms with Gasteiger partial charge in [0.1, 0.15) is 6.07 Å². The molecule has 0 aliphatic carbocycles. The Bertz CT molecular complexity index is 266. The van der Waals surface area contributed by atoms with Gasteiger partial charge in [0.05, 0.1) is 13.2 Å². The molecule has 78 valence electrons. The van der Waals surface area contributed by atoms with Crippen LogP contribution >= 0.6 is 0 Å². The summed E-state index contributed by atoms with van der Waals surface area (Å²) in [6, 6.07) is 1.74. The summed E-state index contributed by atoms with van der Waals surface area (Å²) < 4.78 is 9.74. The Labute approximate surface area is 83.3 Å². The van der Waals surface area contributed by atoms with Crippen molar-refractivity contribution in [2.45, 2.75) is 13.8 Å². The van der Waals surface area contributed by atoms with Crippen molar-refractivity contribution in [3.8, 4) is 6.07 Å². The van der Waals surface area contributed by atoms with E-state index in [1.54, 1.807) is 27.0 Å². The highest BCUT2D eigenvalue weighted by Gasteiger charge is 2.16. The number of nitrogens with one attached hydrogen (secondary N) is 1. The van der Waals surface area contributed by atoms with Crippen LogP contribution in [0.15, 0.2) is 11.5 Å². The molecule has 0 bridgehead atoms. The molecule has 0 rings (SSSR count). The summed E-state index contributed by atoms with van der Waals surface area (Å²) in [7, 11) is 1.57. The predicted molar refractivity (Wildman–Crippen MR) is 50.0 cm³/mol. The van der Waals surface area contributed by atoms with Crippen molar-refractivity contribution in [2.75, 3.05) is 20.3 Å². The minimum absolute atomic E-state index is 0.142. The van der Waals surface area contributed by atoms with E-state index in [2.05, 4.69) is 10.1 Å². The Morgan fingerprint density at radius 2 is 1.93 bits per heavy atom. The molecule has 0 aromatic carbocycles. The van der Waals surface area contributed by atoms with Gasteiger partial charge in [-0.25, -0.2) is 4.79 Å². The molecule has 0 aromatic heterocycles. The molecular weight excluding hydrogens is 184 g/mol. The molecule has 0 aliphatic rings. The predicted octanol–water partition coefficient (Wildman–Crippen LogP) is 0.541. The van der Waals surface area contributed by atoms with Crippen LogP contribution in [0.2, 0.25) is 0 Å². The van der Waals surface area contributed by atoms with E-state index in [1.165, 1.54) is 0 Å². The molecule has 0 spiro atoms. The smallest absolute Gasteiger partial charge is 0.354 e. The highest BCUT2D eigenvalue weighted by atomic mass is 16.5. The number of rotatable bonds is 5. The average molecular weight is 198 g/mol. The van der Waals surface area contributed by atoms with Gasteiger partial charge in [-0.3, -0.25) is 0 Å². The molecule has 0 saturated carbocycles. The Hall–Kier alpha value is -1.70. The number of hydrogen-bond donors (Lipinski definition) is 1. The van der Waals surface area contributed by atoms with E-state index in [0.717, 1.165) is 0 Å². The number of hydrogen-bond acceptors (Lipinski definition) is 5. The SMILES string of the molecule is CCOC(=O)/C(C#N)=C(/NC)OCC. The largest absolute Gasteiger partial charge is 0.478 e. The third-order valence-electron chi connectivity index (χ3n) is 1.33. The molecule has 0 saturated heterocycles. The number of carbonyl (C=O) groups is 1. The first-order valence-corrected chi connectivity index (χ1v) is 4.33. The van der Waals surface area contributed by atoms with Crippen LogP contribution in [0, 0.1) is 11.3 Å². The number of nitriles is 1. The summed E-state index contributed by atoms with van der Waals surface area (Å²) >= 11 is 0. The summed E-state index contributed by atoms with van der Waals surface area (Å²) in [6.45, 7) is 4.04. The van der Waals surface area contributed by atoms with E-state index >= 15 is 0 Å². The first-order chi connectivity index (χ1) is 6.71. The van der Waals surface area contributed by atoms with Crippen LogP contribution in [0.1, 0.15) is 13.8 Å². The zero-order chi connectivity index (χ0) is 11.0. The normalized spacial score (nSPS) is 11.0. The molecule has 5 nitrogen and oxygen atoms in total. The van der Waals surface area contributed by atoms with E-state index < -0.39 is 5.97 Å². The lowest BCUT2D eigenvalue weighted by Crippen LogP contribution is -2.18. The van der Waals surface area contributed by atoms with Crippen molar-refractivity contribution in [1.82, 2.24) is 5.32 Å². The number of nitrogens with zero attached hydrogens (tertiary/aromatic N) is 1. The van der Waals surface area contributed by atoms with Crippen LogP contribution in [0.3, 0.4) is 0 Å². The Kier molecular flexibility index (Phi) is 5.95. The van der Waals surface area contributed by atoms with Crippen molar-refractivity contribution in [2.24, 2.45) is 0 Å². The quantitative estimate of drug-likeness (QED) is 0.302. The fourth-order valence-corrected chi connectivity index (χ4v) is 0.806. The molecule has 0 fully saturated rings. The standard InChI is InChI=1S/C9H14N2O3/c1-4-13-8(11-3)7(6-10)9(12)14-5-2/h11H,4-5H2,1-3H3/b8-7-. The van der Waals surface area contributed by atoms with E-state index in [9.17, 15) is 4.79 Å². The van der Waals surface area contributed by atoms with Crippen LogP contribution in [0.25, 0.3) is 0 Å². The van der Waals surface area contributed by atoms with Crippen LogP contribution < -0.4 is 5.32 Å². The second-order valence-electron chi connectivity index (χ2n) is 2.22. The van der Waals surface area contributed by atoms with E-state index in [4.69, 9.17) is 10.00 Å². The van der Waals surface area contributed by atoms with Crippen LogP contribution in [0.5, 0.6) is 0 Å². The number of ether oxygens (including phenoxy) is 2. The molecule has 0 aliphatic heterocycles. The summed E-state index contributed by atoms with van der Waals surface area (Å²) in [5, 5.41) is 11.3. The van der Waals surface area contributed by atoms with Gasteiger partial charge in [-0.15, -0.1) is 0 Å². The van der Waals surface area contributed by atoms with Crippen molar-refractivity contribution in [3.63, 3.8) is 0 Å². The third kappa shape index (κ3) is 3.35. The second kappa shape index (κ2) is 6.78. The molecule has 5 heteroatoms. The summed E-state index contributed by atoms with van der Waals surface area (Å²) in [4.78, 5) is 11.2. The summed E-state index contributed by atoms with van der Waals surface area (Å²) in [5.41, 5.74) is -0.142. The van der Waals surface area contributed by atoms with Crippen LogP contribution in [-0.4, -0.2) is 26.2 Å². The van der Waals surface area contributed by atoms with Gasteiger partial charge in [-0.1, -0.05) is 0 Å². The first-order valence-electron chi connectivity index (χ1n) is 4.33. The lowest BCUT2D eigenvalue weighted by molar-refractivity contribution is -0.138. The third-order valence-corrected chi connectivity index (χ3v) is 1.33. The monoisotopic (exact) mass is 198 g/mol. The summed E-state index contributed by atoms with van der Waals surface area (Å²) in [6.07, 6.45) is 0. The van der Waals surface area contributed by atoms with Gasteiger partial charge in [-0.05, 0) is 13.8 Å². The average Bonchev–Trinajstić information content (AvgIpc) is 2.18.